The van der Waals surface area contributed by atoms with Crippen molar-refractivity contribution in [3.63, 3.8) is 0 Å². The molecule has 0 saturated carbocycles. The molecule has 0 heteroatoms. The number of rotatable bonds is 6. The normalized spacial score (nSPS) is 14.3. The maximum Gasteiger partial charge on any atom is -0.0169 e. The quantitative estimate of drug-likeness (QED) is 0.412. The van der Waals surface area contributed by atoms with Crippen LogP contribution in [-0.2, 0) is 0 Å². The van der Waals surface area contributed by atoms with Crippen LogP contribution in [0, 0.1) is 0 Å². The second-order valence-electron chi connectivity index (χ2n) is 3.75. The summed E-state index contributed by atoms with van der Waals surface area (Å²) in [6, 6.07) is 0. The van der Waals surface area contributed by atoms with E-state index in [9.17, 15) is 0 Å². The average molecular weight is 204 g/mol. The predicted octanol–water partition coefficient (Wildman–Crippen LogP) is 5.20. The monoisotopic (exact) mass is 204 g/mol. The Hall–Kier alpha value is -1.04. The Kier molecular flexibility index (Phi) is 7.71. The van der Waals surface area contributed by atoms with E-state index in [0.29, 0.717) is 0 Å². The summed E-state index contributed by atoms with van der Waals surface area (Å²) in [5.41, 5.74) is 4.25. The van der Waals surface area contributed by atoms with Gasteiger partial charge in [0.2, 0.25) is 0 Å². The number of allylic oxidation sites excluding steroid dienone is 7. The Bertz CT molecular complexity index is 274. The van der Waals surface area contributed by atoms with E-state index in [1.807, 2.05) is 6.08 Å². The zero-order valence-corrected chi connectivity index (χ0v) is 10.6. The minimum Gasteiger partial charge on any atom is -0.103 e. The Morgan fingerprint density at radius 2 is 1.87 bits per heavy atom. The first-order chi connectivity index (χ1) is 7.17. The fraction of sp³-hybridized carbons (Fsp3) is 0.467. The van der Waals surface area contributed by atoms with Gasteiger partial charge in [-0.25, -0.2) is 0 Å². The smallest absolute Gasteiger partial charge is 0.0169 e. The van der Waals surface area contributed by atoms with Crippen LogP contribution in [0.3, 0.4) is 0 Å². The van der Waals surface area contributed by atoms with Gasteiger partial charge in [0.1, 0.15) is 0 Å². The van der Waals surface area contributed by atoms with Crippen LogP contribution in [-0.4, -0.2) is 0 Å². The second-order valence-corrected chi connectivity index (χ2v) is 3.75. The van der Waals surface area contributed by atoms with Crippen molar-refractivity contribution in [3.05, 3.63) is 47.6 Å². The molecule has 0 aromatic rings. The lowest BCUT2D eigenvalue weighted by Crippen LogP contribution is -1.87. The van der Waals surface area contributed by atoms with Gasteiger partial charge in [-0.2, -0.15) is 0 Å². The fourth-order valence-corrected chi connectivity index (χ4v) is 1.37. The van der Waals surface area contributed by atoms with Crippen molar-refractivity contribution in [2.75, 3.05) is 0 Å². The summed E-state index contributed by atoms with van der Waals surface area (Å²) < 4.78 is 0. The Balaban J connectivity index is 4.83. The molecule has 0 aliphatic carbocycles. The molecule has 0 amide bonds. The number of hydrogen-bond donors (Lipinski definition) is 0. The van der Waals surface area contributed by atoms with Gasteiger partial charge in [0.05, 0.1) is 0 Å². The van der Waals surface area contributed by atoms with Gasteiger partial charge in [0.25, 0.3) is 0 Å². The third-order valence-electron chi connectivity index (χ3n) is 2.63. The lowest BCUT2D eigenvalue weighted by atomic mass is 9.99. The topological polar surface area (TPSA) is 0 Å². The Morgan fingerprint density at radius 3 is 2.33 bits per heavy atom. The average Bonchev–Trinajstić information content (AvgIpc) is 2.26. The van der Waals surface area contributed by atoms with Gasteiger partial charge in [-0.05, 0) is 44.3 Å². The largest absolute Gasteiger partial charge is 0.103 e. The molecule has 0 bridgehead atoms. The van der Waals surface area contributed by atoms with Crippen LogP contribution in [0.4, 0.5) is 0 Å². The van der Waals surface area contributed by atoms with E-state index < -0.39 is 0 Å². The van der Waals surface area contributed by atoms with Crippen molar-refractivity contribution in [2.45, 2.75) is 47.0 Å². The molecule has 0 aromatic carbocycles. The van der Waals surface area contributed by atoms with Gasteiger partial charge in [0.15, 0.2) is 0 Å². The molecule has 0 saturated heterocycles. The molecule has 0 nitrogen and oxygen atoms in total. The van der Waals surface area contributed by atoms with Crippen LogP contribution >= 0.6 is 0 Å². The summed E-state index contributed by atoms with van der Waals surface area (Å²) >= 11 is 0. The molecule has 0 spiro atoms. The highest BCUT2D eigenvalue weighted by Gasteiger charge is 1.98. The maximum absolute atomic E-state index is 3.72. The standard InChI is InChI=1S/C15H24/c1-6-9-10-12-15(11-7-2)14(5)13(4)8-3/h6,10-12H,1,7-9H2,2-5H3. The molecule has 0 radical (unpaired) electrons. The first-order valence-electron chi connectivity index (χ1n) is 5.81. The first-order valence-corrected chi connectivity index (χ1v) is 5.81. The summed E-state index contributed by atoms with van der Waals surface area (Å²) in [5.74, 6) is 0. The third-order valence-corrected chi connectivity index (χ3v) is 2.63. The van der Waals surface area contributed by atoms with Crippen molar-refractivity contribution in [3.8, 4) is 0 Å². The second kappa shape index (κ2) is 8.28. The van der Waals surface area contributed by atoms with Gasteiger partial charge in [-0.1, -0.05) is 43.7 Å². The summed E-state index contributed by atoms with van der Waals surface area (Å²) in [6.45, 7) is 12.5. The third kappa shape index (κ3) is 5.41. The number of hydrogen-bond acceptors (Lipinski definition) is 0. The van der Waals surface area contributed by atoms with Crippen LogP contribution in [0.2, 0.25) is 0 Å². The predicted molar refractivity (Wildman–Crippen MR) is 71.0 cm³/mol. The molecule has 0 heterocycles. The van der Waals surface area contributed by atoms with Crippen LogP contribution in [0.15, 0.2) is 47.6 Å². The van der Waals surface area contributed by atoms with E-state index in [4.69, 9.17) is 0 Å². The molecule has 0 aliphatic heterocycles. The molecular weight excluding hydrogens is 180 g/mol. The van der Waals surface area contributed by atoms with Crippen molar-refractivity contribution < 1.29 is 0 Å². The lowest BCUT2D eigenvalue weighted by Gasteiger charge is -2.07. The van der Waals surface area contributed by atoms with E-state index >= 15 is 0 Å². The summed E-state index contributed by atoms with van der Waals surface area (Å²) in [7, 11) is 0. The molecule has 0 atom stereocenters. The Morgan fingerprint density at radius 1 is 1.20 bits per heavy atom. The van der Waals surface area contributed by atoms with E-state index in [-0.39, 0.29) is 0 Å². The Labute approximate surface area is 95.1 Å². The highest BCUT2D eigenvalue weighted by Crippen LogP contribution is 2.18. The minimum atomic E-state index is 0.944. The van der Waals surface area contributed by atoms with Gasteiger partial charge >= 0.3 is 0 Å². The highest BCUT2D eigenvalue weighted by molar-refractivity contribution is 5.41. The molecule has 15 heavy (non-hydrogen) atoms. The molecule has 0 N–H and O–H groups in total. The zero-order valence-electron chi connectivity index (χ0n) is 10.6. The van der Waals surface area contributed by atoms with Gasteiger partial charge in [-0.15, -0.1) is 6.58 Å². The van der Waals surface area contributed by atoms with Gasteiger partial charge in [-0.3, -0.25) is 0 Å². The lowest BCUT2D eigenvalue weighted by molar-refractivity contribution is 1.06. The van der Waals surface area contributed by atoms with E-state index in [1.165, 1.54) is 16.7 Å². The highest BCUT2D eigenvalue weighted by atomic mass is 14.0. The molecule has 0 rings (SSSR count). The summed E-state index contributed by atoms with van der Waals surface area (Å²) in [4.78, 5) is 0. The SMILES string of the molecule is C=CCC=CC(=CCC)C(C)=C(C)CC. The first kappa shape index (κ1) is 14.0. The maximum atomic E-state index is 3.72. The fourth-order valence-electron chi connectivity index (χ4n) is 1.37. The molecule has 0 aromatic heterocycles. The van der Waals surface area contributed by atoms with Crippen molar-refractivity contribution in [1.29, 1.82) is 0 Å². The molecular formula is C15H24. The van der Waals surface area contributed by atoms with E-state index in [2.05, 4.69) is 52.5 Å². The molecule has 0 fully saturated rings. The molecule has 0 aliphatic rings. The summed E-state index contributed by atoms with van der Waals surface area (Å²) in [6.07, 6.45) is 11.7. The van der Waals surface area contributed by atoms with Crippen LogP contribution in [0.1, 0.15) is 47.0 Å². The molecule has 0 unspecified atom stereocenters. The zero-order chi connectivity index (χ0) is 11.7. The van der Waals surface area contributed by atoms with Crippen LogP contribution in [0.5, 0.6) is 0 Å². The van der Waals surface area contributed by atoms with Gasteiger partial charge in [0, 0.05) is 0 Å². The van der Waals surface area contributed by atoms with Crippen LogP contribution in [0.25, 0.3) is 0 Å². The molecule has 84 valence electrons. The van der Waals surface area contributed by atoms with Gasteiger partial charge < -0.3 is 0 Å². The van der Waals surface area contributed by atoms with Crippen molar-refractivity contribution in [2.24, 2.45) is 0 Å². The van der Waals surface area contributed by atoms with Crippen molar-refractivity contribution >= 4 is 0 Å². The van der Waals surface area contributed by atoms with E-state index in [1.54, 1.807) is 0 Å². The summed E-state index contributed by atoms with van der Waals surface area (Å²) in [5, 5.41) is 0. The van der Waals surface area contributed by atoms with Crippen molar-refractivity contribution in [1.82, 2.24) is 0 Å². The minimum absolute atomic E-state index is 0.944. The van der Waals surface area contributed by atoms with Crippen LogP contribution < -0.4 is 0 Å². The van der Waals surface area contributed by atoms with E-state index in [0.717, 1.165) is 19.3 Å².